The number of nitrogens with zero attached hydrogens (tertiary/aromatic N) is 1. The Morgan fingerprint density at radius 3 is 2.88 bits per heavy atom. The Labute approximate surface area is 110 Å². The van der Waals surface area contributed by atoms with Crippen LogP contribution >= 0.6 is 27.3 Å². The van der Waals surface area contributed by atoms with E-state index in [0.29, 0.717) is 5.13 Å². The van der Waals surface area contributed by atoms with Gasteiger partial charge in [0.25, 0.3) is 5.91 Å². The average molecular weight is 313 g/mol. The molecule has 6 heteroatoms. The SMILES string of the molecule is Cc1cnc(NC(=O)c2ccc(Br)cc2O)s1. The minimum Gasteiger partial charge on any atom is -0.507 e. The van der Waals surface area contributed by atoms with Crippen LogP contribution in [0.1, 0.15) is 15.2 Å². The standard InChI is InChI=1S/C11H9BrN2O2S/c1-6-5-13-11(17-6)14-10(16)8-3-2-7(12)4-9(8)15/h2-5,15H,1H3,(H,13,14,16). The van der Waals surface area contributed by atoms with Gasteiger partial charge in [0.2, 0.25) is 0 Å². The molecule has 1 heterocycles. The van der Waals surface area contributed by atoms with Crippen molar-refractivity contribution in [1.82, 2.24) is 4.98 Å². The average Bonchev–Trinajstić information content (AvgIpc) is 2.63. The molecule has 2 N–H and O–H groups in total. The summed E-state index contributed by atoms with van der Waals surface area (Å²) in [6, 6.07) is 4.72. The van der Waals surface area contributed by atoms with Crippen LogP contribution in [-0.2, 0) is 0 Å². The molecule has 17 heavy (non-hydrogen) atoms. The zero-order valence-electron chi connectivity index (χ0n) is 8.90. The Hall–Kier alpha value is -1.40. The number of phenolic OH excluding ortho intramolecular Hbond substituents is 1. The van der Waals surface area contributed by atoms with E-state index in [-0.39, 0.29) is 17.2 Å². The van der Waals surface area contributed by atoms with Gasteiger partial charge in [-0.25, -0.2) is 4.98 Å². The third-order valence-electron chi connectivity index (χ3n) is 2.05. The Balaban J connectivity index is 2.20. The number of thiazole rings is 1. The third kappa shape index (κ3) is 2.83. The van der Waals surface area contributed by atoms with Crippen LogP contribution in [0.2, 0.25) is 0 Å². The monoisotopic (exact) mass is 312 g/mol. The molecule has 0 radical (unpaired) electrons. The van der Waals surface area contributed by atoms with E-state index < -0.39 is 0 Å². The summed E-state index contributed by atoms with van der Waals surface area (Å²) in [6.45, 7) is 1.91. The molecule has 0 spiro atoms. The van der Waals surface area contributed by atoms with Crippen molar-refractivity contribution in [2.24, 2.45) is 0 Å². The van der Waals surface area contributed by atoms with Gasteiger partial charge in [-0.05, 0) is 25.1 Å². The highest BCUT2D eigenvalue weighted by atomic mass is 79.9. The first kappa shape index (κ1) is 12.1. The Bertz CT molecular complexity index is 568. The molecule has 2 aromatic rings. The zero-order chi connectivity index (χ0) is 12.4. The minimum absolute atomic E-state index is 0.0647. The number of rotatable bonds is 2. The van der Waals surface area contributed by atoms with Crippen molar-refractivity contribution < 1.29 is 9.90 Å². The molecule has 4 nitrogen and oxygen atoms in total. The molecule has 88 valence electrons. The first-order valence-corrected chi connectivity index (χ1v) is 6.39. The van der Waals surface area contributed by atoms with Crippen LogP contribution in [0.25, 0.3) is 0 Å². The molecule has 0 atom stereocenters. The number of anilines is 1. The second-order valence-corrected chi connectivity index (χ2v) is 5.54. The van der Waals surface area contributed by atoms with Crippen LogP contribution in [0.15, 0.2) is 28.9 Å². The van der Waals surface area contributed by atoms with Gasteiger partial charge in [-0.3, -0.25) is 10.1 Å². The predicted octanol–water partition coefficient (Wildman–Crippen LogP) is 3.17. The fourth-order valence-electron chi connectivity index (χ4n) is 1.27. The number of carbonyl (C=O) groups is 1. The van der Waals surface area contributed by atoms with E-state index in [0.717, 1.165) is 9.35 Å². The van der Waals surface area contributed by atoms with Crippen molar-refractivity contribution in [3.63, 3.8) is 0 Å². The maximum absolute atomic E-state index is 11.8. The molecule has 1 amide bonds. The zero-order valence-corrected chi connectivity index (χ0v) is 11.3. The number of aryl methyl sites for hydroxylation is 1. The molecule has 0 saturated carbocycles. The van der Waals surface area contributed by atoms with Crippen LogP contribution in [-0.4, -0.2) is 16.0 Å². The molecular weight excluding hydrogens is 304 g/mol. The van der Waals surface area contributed by atoms with Crippen molar-refractivity contribution >= 4 is 38.3 Å². The first-order chi connectivity index (χ1) is 8.06. The van der Waals surface area contributed by atoms with Gasteiger partial charge < -0.3 is 5.11 Å². The molecule has 0 aliphatic rings. The van der Waals surface area contributed by atoms with Crippen molar-refractivity contribution in [1.29, 1.82) is 0 Å². The van der Waals surface area contributed by atoms with Gasteiger partial charge in [0.05, 0.1) is 5.56 Å². The van der Waals surface area contributed by atoms with E-state index in [1.165, 1.54) is 17.4 Å². The molecule has 0 unspecified atom stereocenters. The summed E-state index contributed by atoms with van der Waals surface area (Å²) in [5.74, 6) is -0.436. The molecule has 0 fully saturated rings. The van der Waals surface area contributed by atoms with Crippen molar-refractivity contribution in [3.05, 3.63) is 39.3 Å². The largest absolute Gasteiger partial charge is 0.507 e. The summed E-state index contributed by atoms with van der Waals surface area (Å²) in [7, 11) is 0. The summed E-state index contributed by atoms with van der Waals surface area (Å²) < 4.78 is 0.719. The van der Waals surface area contributed by atoms with Crippen LogP contribution < -0.4 is 5.32 Å². The molecule has 2 rings (SSSR count). The summed E-state index contributed by atoms with van der Waals surface area (Å²) in [5, 5.41) is 12.8. The number of phenols is 1. The highest BCUT2D eigenvalue weighted by Crippen LogP contribution is 2.24. The summed E-state index contributed by atoms with van der Waals surface area (Å²) >= 11 is 4.60. The fourth-order valence-corrected chi connectivity index (χ4v) is 2.28. The van der Waals surface area contributed by atoms with E-state index >= 15 is 0 Å². The van der Waals surface area contributed by atoms with Gasteiger partial charge in [0.1, 0.15) is 5.75 Å². The molecule has 1 aromatic carbocycles. The van der Waals surface area contributed by atoms with Gasteiger partial charge >= 0.3 is 0 Å². The van der Waals surface area contributed by atoms with E-state index in [1.54, 1.807) is 18.3 Å². The predicted molar refractivity (Wildman–Crippen MR) is 70.6 cm³/mol. The maximum Gasteiger partial charge on any atom is 0.261 e. The molecule has 1 aromatic heterocycles. The quantitative estimate of drug-likeness (QED) is 0.895. The van der Waals surface area contributed by atoms with Crippen LogP contribution in [0.3, 0.4) is 0 Å². The number of nitrogens with one attached hydrogen (secondary N) is 1. The lowest BCUT2D eigenvalue weighted by Gasteiger charge is -2.04. The van der Waals surface area contributed by atoms with Gasteiger partial charge in [0, 0.05) is 15.5 Å². The Kier molecular flexibility index (Phi) is 3.44. The van der Waals surface area contributed by atoms with Crippen LogP contribution in [0, 0.1) is 6.92 Å². The maximum atomic E-state index is 11.8. The topological polar surface area (TPSA) is 62.2 Å². The minimum atomic E-state index is -0.371. The number of hydrogen-bond acceptors (Lipinski definition) is 4. The Morgan fingerprint density at radius 2 is 2.29 bits per heavy atom. The van der Waals surface area contributed by atoms with Gasteiger partial charge in [-0.2, -0.15) is 0 Å². The van der Waals surface area contributed by atoms with E-state index in [2.05, 4.69) is 26.2 Å². The second kappa shape index (κ2) is 4.85. The molecule has 0 bridgehead atoms. The number of hydrogen-bond donors (Lipinski definition) is 2. The highest BCUT2D eigenvalue weighted by Gasteiger charge is 2.12. The fraction of sp³-hybridized carbons (Fsp3) is 0.0909. The lowest BCUT2D eigenvalue weighted by Crippen LogP contribution is -2.11. The molecule has 0 saturated heterocycles. The van der Waals surface area contributed by atoms with E-state index in [9.17, 15) is 9.90 Å². The highest BCUT2D eigenvalue weighted by molar-refractivity contribution is 9.10. The van der Waals surface area contributed by atoms with Crippen molar-refractivity contribution in [3.8, 4) is 5.75 Å². The summed E-state index contributed by atoms with van der Waals surface area (Å²) in [4.78, 5) is 16.9. The lowest BCUT2D eigenvalue weighted by atomic mass is 10.2. The Morgan fingerprint density at radius 1 is 1.53 bits per heavy atom. The number of amides is 1. The second-order valence-electron chi connectivity index (χ2n) is 3.39. The summed E-state index contributed by atoms with van der Waals surface area (Å²) in [5.41, 5.74) is 0.223. The molecule has 0 aliphatic carbocycles. The van der Waals surface area contributed by atoms with Crippen molar-refractivity contribution in [2.45, 2.75) is 6.92 Å². The third-order valence-corrected chi connectivity index (χ3v) is 3.37. The van der Waals surface area contributed by atoms with Crippen LogP contribution in [0.4, 0.5) is 5.13 Å². The van der Waals surface area contributed by atoms with E-state index in [4.69, 9.17) is 0 Å². The van der Waals surface area contributed by atoms with E-state index in [1.807, 2.05) is 6.92 Å². The molecule has 0 aliphatic heterocycles. The lowest BCUT2D eigenvalue weighted by molar-refractivity contribution is 0.102. The normalized spacial score (nSPS) is 10.2. The van der Waals surface area contributed by atoms with Crippen molar-refractivity contribution in [2.75, 3.05) is 5.32 Å². The smallest absolute Gasteiger partial charge is 0.261 e. The number of halogens is 1. The van der Waals surface area contributed by atoms with Gasteiger partial charge in [-0.15, -0.1) is 11.3 Å². The van der Waals surface area contributed by atoms with Gasteiger partial charge in [-0.1, -0.05) is 15.9 Å². The van der Waals surface area contributed by atoms with Crippen LogP contribution in [0.5, 0.6) is 5.75 Å². The number of aromatic hydroxyl groups is 1. The number of benzene rings is 1. The number of aromatic nitrogens is 1. The summed E-state index contributed by atoms with van der Waals surface area (Å²) in [6.07, 6.45) is 1.68. The van der Waals surface area contributed by atoms with Gasteiger partial charge in [0.15, 0.2) is 5.13 Å². The molecular formula is C11H9BrN2O2S. The number of carbonyl (C=O) groups excluding carboxylic acids is 1. The first-order valence-electron chi connectivity index (χ1n) is 4.78.